The zero-order valence-electron chi connectivity index (χ0n) is 12.4. The molecule has 2 rings (SSSR count). The molecule has 2 saturated heterocycles. The van der Waals surface area contributed by atoms with Gasteiger partial charge >= 0.3 is 5.97 Å². The smallest absolute Gasteiger partial charge is 0.312 e. The first-order chi connectivity index (χ1) is 8.96. The van der Waals surface area contributed by atoms with Gasteiger partial charge in [0.05, 0.1) is 12.0 Å². The number of carbonyl (C=O) groups is 1. The number of esters is 1. The minimum absolute atomic E-state index is 0.0610. The lowest BCUT2D eigenvalue weighted by Crippen LogP contribution is -2.35. The van der Waals surface area contributed by atoms with Gasteiger partial charge in [-0.25, -0.2) is 0 Å². The van der Waals surface area contributed by atoms with Crippen molar-refractivity contribution in [1.82, 2.24) is 5.32 Å². The van der Waals surface area contributed by atoms with Crippen LogP contribution in [0.15, 0.2) is 0 Å². The second-order valence-corrected chi connectivity index (χ2v) is 6.77. The number of hydrogen-bond donors (Lipinski definition) is 1. The molecule has 0 aromatic rings. The van der Waals surface area contributed by atoms with Gasteiger partial charge in [0.15, 0.2) is 0 Å². The Kier molecular flexibility index (Phi) is 4.85. The molecule has 0 aliphatic carbocycles. The number of hydrogen-bond acceptors (Lipinski definition) is 4. The standard InChI is InChI=1S/C15H27NO3/c1-15(2,3)19-14(17)12-6-9-18-13(12)10-11-4-7-16-8-5-11/h11-13,16H,4-10H2,1-3H3/t12-,13-/m1/s1. The Labute approximate surface area is 116 Å². The second-order valence-electron chi connectivity index (χ2n) is 6.77. The summed E-state index contributed by atoms with van der Waals surface area (Å²) in [5, 5.41) is 3.37. The molecular formula is C15H27NO3. The van der Waals surface area contributed by atoms with E-state index >= 15 is 0 Å². The van der Waals surface area contributed by atoms with Crippen LogP contribution in [0.5, 0.6) is 0 Å². The minimum Gasteiger partial charge on any atom is -0.460 e. The Balaban J connectivity index is 1.87. The van der Waals surface area contributed by atoms with Crippen LogP contribution in [0.4, 0.5) is 0 Å². The van der Waals surface area contributed by atoms with Crippen LogP contribution in [0, 0.1) is 11.8 Å². The zero-order valence-corrected chi connectivity index (χ0v) is 12.4. The van der Waals surface area contributed by atoms with E-state index in [0.717, 1.165) is 25.9 Å². The Hall–Kier alpha value is -0.610. The predicted molar refractivity (Wildman–Crippen MR) is 73.9 cm³/mol. The monoisotopic (exact) mass is 269 g/mol. The molecule has 0 unspecified atom stereocenters. The Morgan fingerprint density at radius 1 is 1.26 bits per heavy atom. The molecule has 19 heavy (non-hydrogen) atoms. The van der Waals surface area contributed by atoms with Gasteiger partial charge in [0, 0.05) is 6.61 Å². The van der Waals surface area contributed by atoms with Crippen LogP contribution in [0.2, 0.25) is 0 Å². The predicted octanol–water partition coefficient (Wildman–Crippen LogP) is 2.12. The van der Waals surface area contributed by atoms with Crippen molar-refractivity contribution >= 4 is 5.97 Å². The molecule has 0 aromatic carbocycles. The van der Waals surface area contributed by atoms with Gasteiger partial charge in [0.2, 0.25) is 0 Å². The summed E-state index contributed by atoms with van der Waals surface area (Å²) in [5.74, 6) is 0.548. The summed E-state index contributed by atoms with van der Waals surface area (Å²) in [7, 11) is 0. The highest BCUT2D eigenvalue weighted by Gasteiger charge is 2.38. The average Bonchev–Trinajstić information content (AvgIpc) is 2.76. The van der Waals surface area contributed by atoms with Gasteiger partial charge in [-0.15, -0.1) is 0 Å². The molecule has 0 saturated carbocycles. The van der Waals surface area contributed by atoms with E-state index in [1.165, 1.54) is 12.8 Å². The van der Waals surface area contributed by atoms with Crippen LogP contribution < -0.4 is 5.32 Å². The van der Waals surface area contributed by atoms with Crippen molar-refractivity contribution in [3.8, 4) is 0 Å². The third kappa shape index (κ3) is 4.46. The van der Waals surface area contributed by atoms with Crippen molar-refractivity contribution in [2.45, 2.75) is 58.2 Å². The Bertz CT molecular complexity index is 305. The van der Waals surface area contributed by atoms with E-state index in [2.05, 4.69) is 5.32 Å². The van der Waals surface area contributed by atoms with Crippen LogP contribution in [0.25, 0.3) is 0 Å². The molecule has 110 valence electrons. The molecule has 0 spiro atoms. The van der Waals surface area contributed by atoms with E-state index in [1.54, 1.807) is 0 Å². The Morgan fingerprint density at radius 3 is 2.58 bits per heavy atom. The molecule has 0 radical (unpaired) electrons. The molecule has 0 amide bonds. The van der Waals surface area contributed by atoms with Crippen LogP contribution in [0.3, 0.4) is 0 Å². The lowest BCUT2D eigenvalue weighted by molar-refractivity contribution is -0.162. The summed E-state index contributed by atoms with van der Waals surface area (Å²) in [4.78, 5) is 12.2. The number of nitrogens with one attached hydrogen (secondary N) is 1. The summed E-state index contributed by atoms with van der Waals surface area (Å²) >= 11 is 0. The zero-order chi connectivity index (χ0) is 13.9. The van der Waals surface area contributed by atoms with Gasteiger partial charge in [-0.2, -0.15) is 0 Å². The third-order valence-corrected chi connectivity index (χ3v) is 3.94. The van der Waals surface area contributed by atoms with Crippen LogP contribution in [0.1, 0.15) is 46.5 Å². The van der Waals surface area contributed by atoms with Crippen LogP contribution in [-0.4, -0.2) is 37.4 Å². The summed E-state index contributed by atoms with van der Waals surface area (Å²) < 4.78 is 11.3. The maximum absolute atomic E-state index is 12.2. The largest absolute Gasteiger partial charge is 0.460 e. The van der Waals surface area contributed by atoms with Gasteiger partial charge in [0.1, 0.15) is 5.60 Å². The van der Waals surface area contributed by atoms with E-state index in [4.69, 9.17) is 9.47 Å². The number of piperidine rings is 1. The van der Waals surface area contributed by atoms with Crippen molar-refractivity contribution in [3.63, 3.8) is 0 Å². The van der Waals surface area contributed by atoms with Crippen molar-refractivity contribution in [2.75, 3.05) is 19.7 Å². The topological polar surface area (TPSA) is 47.6 Å². The van der Waals surface area contributed by atoms with Crippen molar-refractivity contribution in [3.05, 3.63) is 0 Å². The molecule has 2 atom stereocenters. The van der Waals surface area contributed by atoms with Gasteiger partial charge < -0.3 is 14.8 Å². The fourth-order valence-corrected chi connectivity index (χ4v) is 2.97. The first-order valence-corrected chi connectivity index (χ1v) is 7.51. The molecule has 2 aliphatic heterocycles. The fourth-order valence-electron chi connectivity index (χ4n) is 2.97. The quantitative estimate of drug-likeness (QED) is 0.797. The first kappa shape index (κ1) is 14.8. The molecule has 2 fully saturated rings. The second kappa shape index (κ2) is 6.23. The summed E-state index contributed by atoms with van der Waals surface area (Å²) in [6.07, 6.45) is 4.27. The average molecular weight is 269 g/mol. The van der Waals surface area contributed by atoms with Gasteiger partial charge in [0.25, 0.3) is 0 Å². The van der Waals surface area contributed by atoms with Gasteiger partial charge in [-0.1, -0.05) is 0 Å². The summed E-state index contributed by atoms with van der Waals surface area (Å²) in [6, 6.07) is 0. The van der Waals surface area contributed by atoms with Crippen LogP contribution in [-0.2, 0) is 14.3 Å². The van der Waals surface area contributed by atoms with E-state index in [0.29, 0.717) is 12.5 Å². The lowest BCUT2D eigenvalue weighted by Gasteiger charge is -2.28. The molecular weight excluding hydrogens is 242 g/mol. The fraction of sp³-hybridized carbons (Fsp3) is 0.933. The molecule has 4 nitrogen and oxygen atoms in total. The third-order valence-electron chi connectivity index (χ3n) is 3.94. The molecule has 2 heterocycles. The Morgan fingerprint density at radius 2 is 1.95 bits per heavy atom. The summed E-state index contributed by atoms with van der Waals surface area (Å²) in [6.45, 7) is 8.64. The van der Waals surface area contributed by atoms with Crippen LogP contribution >= 0.6 is 0 Å². The van der Waals surface area contributed by atoms with Gasteiger partial charge in [-0.05, 0) is 65.5 Å². The molecule has 0 bridgehead atoms. The lowest BCUT2D eigenvalue weighted by atomic mass is 9.87. The first-order valence-electron chi connectivity index (χ1n) is 7.51. The number of rotatable bonds is 3. The van der Waals surface area contributed by atoms with Gasteiger partial charge in [-0.3, -0.25) is 4.79 Å². The van der Waals surface area contributed by atoms with Crippen molar-refractivity contribution in [2.24, 2.45) is 11.8 Å². The molecule has 2 aliphatic rings. The summed E-state index contributed by atoms with van der Waals surface area (Å²) in [5.41, 5.74) is -0.404. The highest BCUT2D eigenvalue weighted by atomic mass is 16.6. The number of ether oxygens (including phenoxy) is 2. The maximum atomic E-state index is 12.2. The van der Waals surface area contributed by atoms with E-state index in [9.17, 15) is 4.79 Å². The van der Waals surface area contributed by atoms with E-state index in [-0.39, 0.29) is 18.0 Å². The maximum Gasteiger partial charge on any atom is 0.312 e. The normalized spacial score (nSPS) is 29.4. The van der Waals surface area contributed by atoms with Crippen molar-refractivity contribution < 1.29 is 14.3 Å². The molecule has 4 heteroatoms. The van der Waals surface area contributed by atoms with E-state index in [1.807, 2.05) is 20.8 Å². The molecule has 1 N–H and O–H groups in total. The SMILES string of the molecule is CC(C)(C)OC(=O)[C@@H]1CCO[C@@H]1CC1CCNCC1. The molecule has 0 aromatic heterocycles. The minimum atomic E-state index is -0.404. The van der Waals surface area contributed by atoms with E-state index < -0.39 is 5.60 Å². The highest BCUT2D eigenvalue weighted by molar-refractivity contribution is 5.73. The number of carbonyl (C=O) groups excluding carboxylic acids is 1. The van der Waals surface area contributed by atoms with Crippen molar-refractivity contribution in [1.29, 1.82) is 0 Å². The highest BCUT2D eigenvalue weighted by Crippen LogP contribution is 2.31.